The van der Waals surface area contributed by atoms with Gasteiger partial charge in [-0.25, -0.2) is 4.39 Å². The summed E-state index contributed by atoms with van der Waals surface area (Å²) in [7, 11) is 0. The minimum absolute atomic E-state index is 0.222. The Morgan fingerprint density at radius 1 is 1.04 bits per heavy atom. The van der Waals surface area contributed by atoms with Gasteiger partial charge < -0.3 is 4.57 Å². The number of fused-ring (bicyclic) bond motifs is 1. The van der Waals surface area contributed by atoms with Gasteiger partial charge in [0.1, 0.15) is 5.82 Å². The predicted octanol–water partition coefficient (Wildman–Crippen LogP) is 7.12. The third-order valence-electron chi connectivity index (χ3n) is 3.84. The number of aromatic nitrogens is 1. The van der Waals surface area contributed by atoms with Crippen LogP contribution in [-0.4, -0.2) is 4.57 Å². The van der Waals surface area contributed by atoms with Crippen LogP contribution in [0.3, 0.4) is 0 Å². The molecule has 0 fully saturated rings. The lowest BCUT2D eigenvalue weighted by Gasteiger charge is -2.13. The molecule has 0 aliphatic heterocycles. The molecule has 0 N–H and O–H groups in total. The summed E-state index contributed by atoms with van der Waals surface area (Å²) in [6.45, 7) is 4.33. The van der Waals surface area contributed by atoms with Crippen molar-refractivity contribution in [1.29, 1.82) is 0 Å². The number of rotatable bonds is 3. The van der Waals surface area contributed by atoms with Crippen molar-refractivity contribution in [2.45, 2.75) is 19.9 Å². The van der Waals surface area contributed by atoms with Crippen molar-refractivity contribution in [2.24, 2.45) is 0 Å². The molecule has 23 heavy (non-hydrogen) atoms. The van der Waals surface area contributed by atoms with Gasteiger partial charge in [-0.05, 0) is 75.5 Å². The third kappa shape index (κ3) is 3.15. The molecular weight excluding hydrogens is 421 g/mol. The Kier molecular flexibility index (Phi) is 4.74. The van der Waals surface area contributed by atoms with Crippen molar-refractivity contribution >= 4 is 48.8 Å². The zero-order valence-corrected chi connectivity index (χ0v) is 16.0. The molecule has 2 aromatic carbocycles. The molecule has 0 bridgehead atoms. The number of para-hydroxylation sites is 1. The SMILES string of the molecule is CC(C)n1c(C=C(Br)Br)c(-c2ccc(F)cc2)c2ccccc21. The smallest absolute Gasteiger partial charge is 0.123 e. The molecule has 1 aromatic heterocycles. The van der Waals surface area contributed by atoms with Crippen LogP contribution in [0.5, 0.6) is 0 Å². The summed E-state index contributed by atoms with van der Waals surface area (Å²) < 4.78 is 16.5. The van der Waals surface area contributed by atoms with Crippen LogP contribution in [0.25, 0.3) is 28.1 Å². The second-order valence-electron chi connectivity index (χ2n) is 5.68. The van der Waals surface area contributed by atoms with Gasteiger partial charge >= 0.3 is 0 Å². The highest BCUT2D eigenvalue weighted by Crippen LogP contribution is 2.39. The molecule has 0 spiro atoms. The third-order valence-corrected chi connectivity index (χ3v) is 4.30. The fraction of sp³-hybridized carbons (Fsp3) is 0.158. The zero-order valence-electron chi connectivity index (χ0n) is 12.9. The van der Waals surface area contributed by atoms with Crippen molar-refractivity contribution in [3.8, 4) is 11.1 Å². The van der Waals surface area contributed by atoms with Crippen LogP contribution in [-0.2, 0) is 0 Å². The van der Waals surface area contributed by atoms with E-state index in [0.717, 1.165) is 20.2 Å². The number of halogens is 3. The van der Waals surface area contributed by atoms with Crippen molar-refractivity contribution in [3.63, 3.8) is 0 Å². The molecule has 0 saturated carbocycles. The maximum Gasteiger partial charge on any atom is 0.123 e. The molecule has 3 aromatic rings. The van der Waals surface area contributed by atoms with Gasteiger partial charge in [0.25, 0.3) is 0 Å². The highest BCUT2D eigenvalue weighted by Gasteiger charge is 2.18. The molecule has 3 rings (SSSR count). The molecule has 0 aliphatic carbocycles. The van der Waals surface area contributed by atoms with E-state index >= 15 is 0 Å². The number of hydrogen-bond donors (Lipinski definition) is 0. The van der Waals surface area contributed by atoms with Gasteiger partial charge in [-0.15, -0.1) is 0 Å². The monoisotopic (exact) mass is 435 g/mol. The summed E-state index contributed by atoms with van der Waals surface area (Å²) in [5.74, 6) is -0.222. The van der Waals surface area contributed by atoms with Crippen LogP contribution in [0.2, 0.25) is 0 Å². The van der Waals surface area contributed by atoms with Crippen molar-refractivity contribution in [1.82, 2.24) is 4.57 Å². The molecule has 0 saturated heterocycles. The van der Waals surface area contributed by atoms with Crippen molar-refractivity contribution in [3.05, 3.63) is 63.4 Å². The summed E-state index contributed by atoms with van der Waals surface area (Å²) in [6.07, 6.45) is 2.05. The Morgan fingerprint density at radius 2 is 1.70 bits per heavy atom. The lowest BCUT2D eigenvalue weighted by Crippen LogP contribution is -2.02. The Morgan fingerprint density at radius 3 is 2.30 bits per heavy atom. The van der Waals surface area contributed by atoms with Crippen LogP contribution in [0, 0.1) is 5.82 Å². The highest BCUT2D eigenvalue weighted by molar-refractivity contribution is 9.28. The Balaban J connectivity index is 2.43. The zero-order chi connectivity index (χ0) is 16.6. The first-order valence-electron chi connectivity index (χ1n) is 7.40. The average molecular weight is 437 g/mol. The van der Waals surface area contributed by atoms with E-state index in [1.54, 1.807) is 0 Å². The van der Waals surface area contributed by atoms with Gasteiger partial charge in [-0.2, -0.15) is 0 Å². The van der Waals surface area contributed by atoms with Crippen LogP contribution < -0.4 is 0 Å². The largest absolute Gasteiger partial charge is 0.338 e. The van der Waals surface area contributed by atoms with Gasteiger partial charge in [0.2, 0.25) is 0 Å². The Hall–Kier alpha value is -1.39. The summed E-state index contributed by atoms with van der Waals surface area (Å²) >= 11 is 6.95. The van der Waals surface area contributed by atoms with Gasteiger partial charge in [-0.1, -0.05) is 30.3 Å². The first-order valence-corrected chi connectivity index (χ1v) is 8.99. The quantitative estimate of drug-likeness (QED) is 0.412. The van der Waals surface area contributed by atoms with E-state index in [-0.39, 0.29) is 5.82 Å². The fourth-order valence-corrected chi connectivity index (χ4v) is 3.44. The normalized spacial score (nSPS) is 11.2. The second kappa shape index (κ2) is 6.62. The minimum Gasteiger partial charge on any atom is -0.338 e. The van der Waals surface area contributed by atoms with E-state index < -0.39 is 0 Å². The lowest BCUT2D eigenvalue weighted by atomic mass is 10.0. The second-order valence-corrected chi connectivity index (χ2v) is 8.45. The highest BCUT2D eigenvalue weighted by atomic mass is 79.9. The number of benzene rings is 2. The maximum absolute atomic E-state index is 13.3. The van der Waals surface area contributed by atoms with Gasteiger partial charge in [0.05, 0.1) is 9.09 Å². The number of hydrogen-bond acceptors (Lipinski definition) is 0. The van der Waals surface area contributed by atoms with E-state index in [9.17, 15) is 4.39 Å². The van der Waals surface area contributed by atoms with Crippen molar-refractivity contribution < 1.29 is 4.39 Å². The van der Waals surface area contributed by atoms with E-state index in [1.807, 2.05) is 24.3 Å². The Bertz CT molecular complexity index is 872. The molecule has 118 valence electrons. The van der Waals surface area contributed by atoms with Crippen LogP contribution in [0.1, 0.15) is 25.6 Å². The van der Waals surface area contributed by atoms with Gasteiger partial charge in [-0.3, -0.25) is 0 Å². The Labute approximate surface area is 152 Å². The lowest BCUT2D eigenvalue weighted by molar-refractivity contribution is 0.619. The molecule has 0 atom stereocenters. The molecule has 1 heterocycles. The van der Waals surface area contributed by atoms with E-state index in [2.05, 4.69) is 68.5 Å². The molecule has 0 radical (unpaired) electrons. The maximum atomic E-state index is 13.3. The van der Waals surface area contributed by atoms with Crippen LogP contribution in [0.4, 0.5) is 4.39 Å². The first kappa shape index (κ1) is 16.5. The van der Waals surface area contributed by atoms with E-state index in [1.165, 1.54) is 23.0 Å². The van der Waals surface area contributed by atoms with E-state index in [4.69, 9.17) is 0 Å². The van der Waals surface area contributed by atoms with Crippen LogP contribution >= 0.6 is 31.9 Å². The molecule has 0 unspecified atom stereocenters. The minimum atomic E-state index is -0.222. The summed E-state index contributed by atoms with van der Waals surface area (Å²) in [5.41, 5.74) is 4.39. The standard InChI is InChI=1S/C19H16Br2FN/c1-12(2)23-16-6-4-3-5-15(16)19(17(23)11-18(20)21)13-7-9-14(22)10-8-13/h3-12H,1-2H3. The summed E-state index contributed by atoms with van der Waals surface area (Å²) in [4.78, 5) is 0. The molecule has 0 amide bonds. The van der Waals surface area contributed by atoms with Crippen LogP contribution in [0.15, 0.2) is 51.9 Å². The van der Waals surface area contributed by atoms with Gasteiger partial charge in [0, 0.05) is 22.5 Å². The molecular formula is C19H16Br2FN. The molecule has 4 heteroatoms. The predicted molar refractivity (Wildman–Crippen MR) is 104 cm³/mol. The van der Waals surface area contributed by atoms with E-state index in [0.29, 0.717) is 6.04 Å². The van der Waals surface area contributed by atoms with Gasteiger partial charge in [0.15, 0.2) is 0 Å². The molecule has 1 nitrogen and oxygen atoms in total. The number of nitrogens with zero attached hydrogens (tertiary/aromatic N) is 1. The summed E-state index contributed by atoms with van der Waals surface area (Å²) in [5, 5.41) is 1.17. The summed E-state index contributed by atoms with van der Waals surface area (Å²) in [6, 6.07) is 15.3. The topological polar surface area (TPSA) is 4.93 Å². The first-order chi connectivity index (χ1) is 11.0. The van der Waals surface area contributed by atoms with Crippen molar-refractivity contribution in [2.75, 3.05) is 0 Å². The molecule has 0 aliphatic rings. The fourth-order valence-electron chi connectivity index (χ4n) is 3.00. The average Bonchev–Trinajstić information content (AvgIpc) is 2.81.